The number of ether oxygens (including phenoxy) is 2. The number of piperidine rings is 1. The molecule has 0 aromatic heterocycles. The van der Waals surface area contributed by atoms with Gasteiger partial charge in [-0.15, -0.1) is 0 Å². The second-order valence-corrected chi connectivity index (χ2v) is 8.99. The standard InChI is InChI=1S/C26H34N2O4/c1-31-20-11-12-21(23(16-20)32-2)25-22-10-6-7-13-26(22,30)14-15-28(25)18-24(29)27-17-19-8-4-3-5-9-19/h3-5,8-9,11-12,16,22,25,30H,6-7,10,13-15,17-18H2,1-2H3,(H,27,29)/t22-,25+,26+/m1/s1. The van der Waals surface area contributed by atoms with E-state index in [1.165, 1.54) is 0 Å². The zero-order chi connectivity index (χ0) is 22.6. The summed E-state index contributed by atoms with van der Waals surface area (Å²) in [4.78, 5) is 15.1. The molecule has 4 rings (SSSR count). The maximum Gasteiger partial charge on any atom is 0.234 e. The van der Waals surface area contributed by atoms with Crippen molar-refractivity contribution >= 4 is 5.91 Å². The molecule has 0 unspecified atom stereocenters. The van der Waals surface area contributed by atoms with Gasteiger partial charge in [-0.1, -0.05) is 49.2 Å². The van der Waals surface area contributed by atoms with Crippen LogP contribution in [0.1, 0.15) is 49.3 Å². The quantitative estimate of drug-likeness (QED) is 0.690. The average Bonchev–Trinajstić information content (AvgIpc) is 2.83. The van der Waals surface area contributed by atoms with E-state index >= 15 is 0 Å². The minimum absolute atomic E-state index is 0.00687. The lowest BCUT2D eigenvalue weighted by molar-refractivity contribution is -0.138. The van der Waals surface area contributed by atoms with Gasteiger partial charge in [0.05, 0.1) is 26.4 Å². The lowest BCUT2D eigenvalue weighted by atomic mass is 9.66. The number of carbonyl (C=O) groups is 1. The Kier molecular flexibility index (Phi) is 7.01. The normalized spacial score (nSPS) is 25.6. The fourth-order valence-electron chi connectivity index (χ4n) is 5.43. The number of benzene rings is 2. The van der Waals surface area contributed by atoms with E-state index in [9.17, 15) is 9.90 Å². The number of aliphatic hydroxyl groups is 1. The van der Waals surface area contributed by atoms with Crippen molar-refractivity contribution < 1.29 is 19.4 Å². The molecule has 0 bridgehead atoms. The van der Waals surface area contributed by atoms with Gasteiger partial charge in [0.1, 0.15) is 11.5 Å². The van der Waals surface area contributed by atoms with Crippen LogP contribution in [-0.2, 0) is 11.3 Å². The molecule has 1 heterocycles. The Bertz CT molecular complexity index is 919. The molecule has 0 spiro atoms. The molecule has 1 aliphatic heterocycles. The number of hydrogen-bond acceptors (Lipinski definition) is 5. The third-order valence-electron chi connectivity index (χ3n) is 7.11. The van der Waals surface area contributed by atoms with E-state index in [0.717, 1.165) is 48.3 Å². The zero-order valence-corrected chi connectivity index (χ0v) is 19.0. The first kappa shape index (κ1) is 22.6. The van der Waals surface area contributed by atoms with Gasteiger partial charge in [-0.05, 0) is 30.9 Å². The molecule has 1 saturated heterocycles. The number of methoxy groups -OCH3 is 2. The van der Waals surface area contributed by atoms with Gasteiger partial charge in [0.2, 0.25) is 5.91 Å². The van der Waals surface area contributed by atoms with Crippen LogP contribution in [0.15, 0.2) is 48.5 Å². The van der Waals surface area contributed by atoms with Gasteiger partial charge in [-0.3, -0.25) is 9.69 Å². The highest BCUT2D eigenvalue weighted by molar-refractivity contribution is 5.78. The number of hydrogen-bond donors (Lipinski definition) is 2. The summed E-state index contributed by atoms with van der Waals surface area (Å²) in [5.41, 5.74) is 1.40. The van der Waals surface area contributed by atoms with Crippen molar-refractivity contribution in [2.45, 2.75) is 50.3 Å². The highest BCUT2D eigenvalue weighted by Crippen LogP contribution is 2.51. The number of carbonyl (C=O) groups excluding carboxylic acids is 1. The lowest BCUT2D eigenvalue weighted by Gasteiger charge is -2.52. The molecule has 2 aromatic rings. The van der Waals surface area contributed by atoms with Crippen LogP contribution in [0.3, 0.4) is 0 Å². The molecular weight excluding hydrogens is 404 g/mol. The van der Waals surface area contributed by atoms with E-state index in [1.54, 1.807) is 14.2 Å². The first-order chi connectivity index (χ1) is 15.5. The Hall–Kier alpha value is -2.57. The summed E-state index contributed by atoms with van der Waals surface area (Å²) >= 11 is 0. The SMILES string of the molecule is COc1ccc([C@H]2[C@H]3CCCC[C@]3(O)CCN2CC(=O)NCc2ccccc2)c(OC)c1. The summed E-state index contributed by atoms with van der Waals surface area (Å²) in [5, 5.41) is 14.6. The predicted molar refractivity (Wildman–Crippen MR) is 124 cm³/mol. The van der Waals surface area contributed by atoms with E-state index in [-0.39, 0.29) is 17.9 Å². The van der Waals surface area contributed by atoms with Crippen LogP contribution < -0.4 is 14.8 Å². The number of nitrogens with one attached hydrogen (secondary N) is 1. The average molecular weight is 439 g/mol. The van der Waals surface area contributed by atoms with Crippen molar-refractivity contribution in [1.29, 1.82) is 0 Å². The maximum absolute atomic E-state index is 12.9. The monoisotopic (exact) mass is 438 g/mol. The molecule has 1 saturated carbocycles. The number of nitrogens with zero attached hydrogens (tertiary/aromatic N) is 1. The van der Waals surface area contributed by atoms with Crippen LogP contribution in [0.25, 0.3) is 0 Å². The van der Waals surface area contributed by atoms with E-state index in [1.807, 2.05) is 48.5 Å². The van der Waals surface area contributed by atoms with Crippen molar-refractivity contribution in [3.8, 4) is 11.5 Å². The summed E-state index contributed by atoms with van der Waals surface area (Å²) in [6.45, 7) is 1.47. The Balaban J connectivity index is 1.58. The van der Waals surface area contributed by atoms with Gasteiger partial charge < -0.3 is 19.9 Å². The zero-order valence-electron chi connectivity index (χ0n) is 19.0. The van der Waals surface area contributed by atoms with Gasteiger partial charge in [-0.2, -0.15) is 0 Å². The van der Waals surface area contributed by atoms with Crippen LogP contribution in [0.5, 0.6) is 11.5 Å². The van der Waals surface area contributed by atoms with Gasteiger partial charge in [0.25, 0.3) is 0 Å². The second-order valence-electron chi connectivity index (χ2n) is 8.99. The van der Waals surface area contributed by atoms with Crippen molar-refractivity contribution in [2.24, 2.45) is 5.92 Å². The third-order valence-corrected chi connectivity index (χ3v) is 7.11. The highest BCUT2D eigenvalue weighted by atomic mass is 16.5. The first-order valence-corrected chi connectivity index (χ1v) is 11.5. The Labute approximate surface area is 190 Å². The predicted octanol–water partition coefficient (Wildman–Crippen LogP) is 3.69. The molecule has 2 N–H and O–H groups in total. The summed E-state index contributed by atoms with van der Waals surface area (Å²) < 4.78 is 11.1. The Morgan fingerprint density at radius 3 is 2.69 bits per heavy atom. The second kappa shape index (κ2) is 9.92. The molecule has 2 fully saturated rings. The molecule has 2 aromatic carbocycles. The van der Waals surface area contributed by atoms with Gasteiger partial charge in [-0.25, -0.2) is 0 Å². The molecule has 1 amide bonds. The van der Waals surface area contributed by atoms with Crippen molar-refractivity contribution in [3.63, 3.8) is 0 Å². The minimum atomic E-state index is -0.690. The van der Waals surface area contributed by atoms with Gasteiger partial charge in [0, 0.05) is 36.7 Å². The topological polar surface area (TPSA) is 71.0 Å². The summed E-state index contributed by atoms with van der Waals surface area (Å²) in [6.07, 6.45) is 4.60. The highest BCUT2D eigenvalue weighted by Gasteiger charge is 2.49. The molecule has 3 atom stereocenters. The van der Waals surface area contributed by atoms with Gasteiger partial charge in [0.15, 0.2) is 0 Å². The first-order valence-electron chi connectivity index (χ1n) is 11.5. The van der Waals surface area contributed by atoms with E-state index in [4.69, 9.17) is 9.47 Å². The van der Waals surface area contributed by atoms with Crippen molar-refractivity contribution in [3.05, 3.63) is 59.7 Å². The largest absolute Gasteiger partial charge is 0.497 e. The molecule has 32 heavy (non-hydrogen) atoms. The summed E-state index contributed by atoms with van der Waals surface area (Å²) in [6, 6.07) is 15.7. The van der Waals surface area contributed by atoms with Crippen LogP contribution in [0.4, 0.5) is 0 Å². The molecule has 1 aliphatic carbocycles. The summed E-state index contributed by atoms with van der Waals surface area (Å²) in [5.74, 6) is 1.52. The summed E-state index contributed by atoms with van der Waals surface area (Å²) in [7, 11) is 3.30. The van der Waals surface area contributed by atoms with Crippen LogP contribution in [0.2, 0.25) is 0 Å². The molecule has 6 nitrogen and oxygen atoms in total. The Morgan fingerprint density at radius 1 is 1.12 bits per heavy atom. The fourth-order valence-corrected chi connectivity index (χ4v) is 5.43. The minimum Gasteiger partial charge on any atom is -0.497 e. The molecule has 172 valence electrons. The molecule has 2 aliphatic rings. The van der Waals surface area contributed by atoms with Crippen LogP contribution in [0, 0.1) is 5.92 Å². The van der Waals surface area contributed by atoms with E-state index in [0.29, 0.717) is 26.1 Å². The van der Waals surface area contributed by atoms with Gasteiger partial charge >= 0.3 is 0 Å². The number of amides is 1. The lowest BCUT2D eigenvalue weighted by Crippen LogP contribution is -2.56. The van der Waals surface area contributed by atoms with E-state index < -0.39 is 5.60 Å². The third kappa shape index (κ3) is 4.76. The van der Waals surface area contributed by atoms with E-state index in [2.05, 4.69) is 10.2 Å². The Morgan fingerprint density at radius 2 is 1.94 bits per heavy atom. The molecule has 0 radical (unpaired) electrons. The number of likely N-dealkylation sites (tertiary alicyclic amines) is 1. The van der Waals surface area contributed by atoms with Crippen LogP contribution in [-0.4, -0.2) is 48.8 Å². The number of rotatable bonds is 7. The van der Waals surface area contributed by atoms with Crippen LogP contribution >= 0.6 is 0 Å². The maximum atomic E-state index is 12.9. The van der Waals surface area contributed by atoms with Crippen molar-refractivity contribution in [1.82, 2.24) is 10.2 Å². The molecule has 6 heteroatoms. The smallest absolute Gasteiger partial charge is 0.234 e. The number of fused-ring (bicyclic) bond motifs is 1. The van der Waals surface area contributed by atoms with Crippen molar-refractivity contribution in [2.75, 3.05) is 27.3 Å². The fraction of sp³-hybridized carbons (Fsp3) is 0.500. The molecular formula is C26H34N2O4.